The minimum absolute atomic E-state index is 0.0732. The zero-order valence-electron chi connectivity index (χ0n) is 27.6. The van der Waals surface area contributed by atoms with Gasteiger partial charge < -0.3 is 20.8 Å². The molecule has 228 valence electrons. The van der Waals surface area contributed by atoms with Gasteiger partial charge in [-0.3, -0.25) is 9.59 Å². The molecular weight excluding hydrogens is 512 g/mol. The van der Waals surface area contributed by atoms with Crippen molar-refractivity contribution < 1.29 is 19.8 Å². The van der Waals surface area contributed by atoms with E-state index >= 15 is 0 Å². The van der Waals surface area contributed by atoms with Crippen molar-refractivity contribution in [1.29, 1.82) is 0 Å². The Morgan fingerprint density at radius 1 is 0.537 bits per heavy atom. The third kappa shape index (κ3) is 9.51. The van der Waals surface area contributed by atoms with Crippen molar-refractivity contribution in [2.75, 3.05) is 6.67 Å². The van der Waals surface area contributed by atoms with Crippen LogP contribution >= 0.6 is 0 Å². The number of carbonyl (C=O) groups is 2. The van der Waals surface area contributed by atoms with Crippen molar-refractivity contribution in [3.05, 3.63) is 57.6 Å². The summed E-state index contributed by atoms with van der Waals surface area (Å²) < 4.78 is 0. The lowest BCUT2D eigenvalue weighted by Gasteiger charge is -2.28. The van der Waals surface area contributed by atoms with Gasteiger partial charge in [0.1, 0.15) is 11.5 Å². The molecule has 0 heterocycles. The molecule has 0 spiro atoms. The standard InChI is InChI=1S/C35H54N2O4/c1-32(2,3)24-17-22(18-25(30(24)40)33(4,5)6)13-15-28(38)36-21-37-29(39)16-14-23-19-26(34(7,8)9)31(41)27(20-23)35(10,11)12/h17-20,40-41H,13-16,21H2,1-12H3,(H,36,38)(H,37,39). The molecule has 2 amide bonds. The van der Waals surface area contributed by atoms with Gasteiger partial charge in [-0.25, -0.2) is 0 Å². The molecule has 0 aliphatic heterocycles. The zero-order valence-corrected chi connectivity index (χ0v) is 27.6. The van der Waals surface area contributed by atoms with Crippen LogP contribution in [0.2, 0.25) is 0 Å². The van der Waals surface area contributed by atoms with Gasteiger partial charge in [-0.1, -0.05) is 107 Å². The minimum Gasteiger partial charge on any atom is -0.507 e. The maximum atomic E-state index is 12.6. The number of rotatable bonds is 8. The minimum atomic E-state index is -0.227. The van der Waals surface area contributed by atoms with Crippen molar-refractivity contribution in [1.82, 2.24) is 10.6 Å². The van der Waals surface area contributed by atoms with Crippen molar-refractivity contribution in [2.45, 2.75) is 130 Å². The van der Waals surface area contributed by atoms with Gasteiger partial charge in [0, 0.05) is 12.8 Å². The van der Waals surface area contributed by atoms with E-state index in [9.17, 15) is 19.8 Å². The van der Waals surface area contributed by atoms with Gasteiger partial charge >= 0.3 is 0 Å². The van der Waals surface area contributed by atoms with Gasteiger partial charge in [-0.05, 0) is 67.9 Å². The predicted octanol–water partition coefficient (Wildman–Crippen LogP) is 7.04. The van der Waals surface area contributed by atoms with Gasteiger partial charge in [0.05, 0.1) is 6.67 Å². The second-order valence-electron chi connectivity index (χ2n) is 15.5. The van der Waals surface area contributed by atoms with E-state index < -0.39 is 0 Å². The molecule has 0 unspecified atom stereocenters. The zero-order chi connectivity index (χ0) is 31.6. The quantitative estimate of drug-likeness (QED) is 0.258. The van der Waals surface area contributed by atoms with Gasteiger partial charge in [0.15, 0.2) is 0 Å². The van der Waals surface area contributed by atoms with Crippen molar-refractivity contribution in [3.8, 4) is 11.5 Å². The van der Waals surface area contributed by atoms with Crippen LogP contribution in [0.3, 0.4) is 0 Å². The van der Waals surface area contributed by atoms with Crippen LogP contribution in [0.1, 0.15) is 129 Å². The summed E-state index contributed by atoms with van der Waals surface area (Å²) in [6, 6.07) is 8.00. The van der Waals surface area contributed by atoms with Crippen molar-refractivity contribution >= 4 is 11.8 Å². The fraction of sp³-hybridized carbons (Fsp3) is 0.600. The number of aryl methyl sites for hydroxylation is 2. The Balaban J connectivity index is 1.97. The number of nitrogens with one attached hydrogen (secondary N) is 2. The average Bonchev–Trinajstić information content (AvgIpc) is 2.79. The molecule has 0 aliphatic rings. The number of phenolic OH excluding ortho intramolecular Hbond substituents is 2. The Kier molecular flexibility index (Phi) is 10.4. The molecule has 4 N–H and O–H groups in total. The fourth-order valence-electron chi connectivity index (χ4n) is 4.90. The number of amides is 2. The van der Waals surface area contributed by atoms with Crippen molar-refractivity contribution in [3.63, 3.8) is 0 Å². The first-order valence-corrected chi connectivity index (χ1v) is 14.8. The molecule has 0 radical (unpaired) electrons. The number of hydrogen-bond donors (Lipinski definition) is 4. The van der Waals surface area contributed by atoms with E-state index in [1.165, 1.54) is 0 Å². The lowest BCUT2D eigenvalue weighted by atomic mass is 9.78. The maximum Gasteiger partial charge on any atom is 0.221 e. The van der Waals surface area contributed by atoms with Crippen LogP contribution in [0.15, 0.2) is 24.3 Å². The highest BCUT2D eigenvalue weighted by atomic mass is 16.3. The molecule has 0 saturated heterocycles. The van der Waals surface area contributed by atoms with E-state index in [4.69, 9.17) is 0 Å². The summed E-state index contributed by atoms with van der Waals surface area (Å²) in [5.74, 6) is 0.377. The number of carbonyl (C=O) groups excluding carboxylic acids is 2. The Bertz CT molecular complexity index is 1080. The van der Waals surface area contributed by atoms with E-state index in [0.29, 0.717) is 24.3 Å². The summed E-state index contributed by atoms with van der Waals surface area (Å²) in [5.41, 5.74) is 4.63. The normalized spacial score (nSPS) is 12.8. The van der Waals surface area contributed by atoms with Gasteiger partial charge in [0.2, 0.25) is 11.8 Å². The molecule has 2 aromatic carbocycles. The van der Waals surface area contributed by atoms with E-state index in [1.807, 2.05) is 24.3 Å². The summed E-state index contributed by atoms with van der Waals surface area (Å²) >= 11 is 0. The largest absolute Gasteiger partial charge is 0.507 e. The Labute approximate surface area is 248 Å². The average molecular weight is 567 g/mol. The number of phenols is 2. The fourth-order valence-corrected chi connectivity index (χ4v) is 4.90. The SMILES string of the molecule is CC(C)(C)c1cc(CCC(=O)NCNC(=O)CCc2cc(C(C)(C)C)c(O)c(C(C)(C)C)c2)cc(C(C)(C)C)c1O. The first-order chi connectivity index (χ1) is 18.5. The van der Waals surface area contributed by atoms with E-state index in [-0.39, 0.29) is 53.0 Å². The smallest absolute Gasteiger partial charge is 0.221 e. The van der Waals surface area contributed by atoms with Gasteiger partial charge in [-0.2, -0.15) is 0 Å². The number of benzene rings is 2. The van der Waals surface area contributed by atoms with Crippen molar-refractivity contribution in [2.24, 2.45) is 0 Å². The summed E-state index contributed by atoms with van der Waals surface area (Å²) in [6.07, 6.45) is 1.65. The highest BCUT2D eigenvalue weighted by Gasteiger charge is 2.28. The summed E-state index contributed by atoms with van der Waals surface area (Å²) in [7, 11) is 0. The van der Waals surface area contributed by atoms with E-state index in [1.54, 1.807) is 0 Å². The topological polar surface area (TPSA) is 98.7 Å². The van der Waals surface area contributed by atoms with Crippen LogP contribution in [0, 0.1) is 0 Å². The Hall–Kier alpha value is -3.02. The summed E-state index contributed by atoms with van der Waals surface area (Å²) in [4.78, 5) is 25.1. The highest BCUT2D eigenvalue weighted by molar-refractivity contribution is 5.79. The Morgan fingerprint density at radius 2 is 0.780 bits per heavy atom. The van der Waals surface area contributed by atoms with E-state index in [2.05, 4.69) is 93.7 Å². The first-order valence-electron chi connectivity index (χ1n) is 14.8. The second kappa shape index (κ2) is 12.5. The third-order valence-corrected chi connectivity index (χ3v) is 7.42. The van der Waals surface area contributed by atoms with Crippen LogP contribution in [0.4, 0.5) is 0 Å². The van der Waals surface area contributed by atoms with Crippen LogP contribution in [-0.4, -0.2) is 28.7 Å². The molecule has 0 saturated carbocycles. The molecular formula is C35H54N2O4. The molecule has 0 aromatic heterocycles. The lowest BCUT2D eigenvalue weighted by Crippen LogP contribution is -2.37. The maximum absolute atomic E-state index is 12.6. The molecule has 41 heavy (non-hydrogen) atoms. The second-order valence-corrected chi connectivity index (χ2v) is 15.5. The van der Waals surface area contributed by atoms with Crippen LogP contribution in [0.5, 0.6) is 11.5 Å². The van der Waals surface area contributed by atoms with Gasteiger partial charge in [-0.15, -0.1) is 0 Å². The molecule has 6 nitrogen and oxygen atoms in total. The first kappa shape index (κ1) is 34.2. The summed E-state index contributed by atoms with van der Waals surface area (Å²) in [6.45, 7) is 24.9. The molecule has 0 bridgehead atoms. The molecule has 2 aromatic rings. The van der Waals surface area contributed by atoms with Crippen LogP contribution < -0.4 is 10.6 Å². The number of aromatic hydroxyl groups is 2. The highest BCUT2D eigenvalue weighted by Crippen LogP contribution is 2.41. The van der Waals surface area contributed by atoms with Crippen LogP contribution in [0.25, 0.3) is 0 Å². The molecule has 6 heteroatoms. The summed E-state index contributed by atoms with van der Waals surface area (Å²) in [5, 5.41) is 27.4. The predicted molar refractivity (Wildman–Crippen MR) is 169 cm³/mol. The monoisotopic (exact) mass is 566 g/mol. The van der Waals surface area contributed by atoms with Gasteiger partial charge in [0.25, 0.3) is 0 Å². The molecule has 0 aliphatic carbocycles. The third-order valence-electron chi connectivity index (χ3n) is 7.42. The molecule has 2 rings (SSSR count). The van der Waals surface area contributed by atoms with Crippen LogP contribution in [-0.2, 0) is 44.1 Å². The Morgan fingerprint density at radius 3 is 1.00 bits per heavy atom. The molecule has 0 fully saturated rings. The molecule has 0 atom stereocenters. The van der Waals surface area contributed by atoms with E-state index in [0.717, 1.165) is 33.4 Å². The lowest BCUT2D eigenvalue weighted by molar-refractivity contribution is -0.122. The number of hydrogen-bond acceptors (Lipinski definition) is 4.